The number of hydrogen-bond donors (Lipinski definition) is 0. The number of aryl methyl sites for hydroxylation is 1. The van der Waals surface area contributed by atoms with Gasteiger partial charge in [0.15, 0.2) is 11.4 Å². The summed E-state index contributed by atoms with van der Waals surface area (Å²) in [4.78, 5) is 15.9. The van der Waals surface area contributed by atoms with E-state index in [0.29, 0.717) is 22.5 Å². The highest BCUT2D eigenvalue weighted by molar-refractivity contribution is 7.13. The van der Waals surface area contributed by atoms with Crippen LogP contribution in [0.1, 0.15) is 17.1 Å². The Bertz CT molecular complexity index is 943. The number of hydrogen-bond acceptors (Lipinski definition) is 6. The summed E-state index contributed by atoms with van der Waals surface area (Å²) in [5, 5.41) is 10.1. The lowest BCUT2D eigenvalue weighted by molar-refractivity contribution is -0.140. The molecule has 0 saturated carbocycles. The molecule has 5 nitrogen and oxygen atoms in total. The van der Waals surface area contributed by atoms with Crippen LogP contribution in [-0.2, 0) is 6.18 Å². The molecule has 0 spiro atoms. The second-order valence-corrected chi connectivity index (χ2v) is 5.67. The second-order valence-electron chi connectivity index (χ2n) is 4.81. The van der Waals surface area contributed by atoms with Crippen LogP contribution in [0.4, 0.5) is 13.2 Å². The summed E-state index contributed by atoms with van der Waals surface area (Å²) >= 11 is 0.885. The Kier molecular flexibility index (Phi) is 3.99. The minimum absolute atomic E-state index is 0.106. The molecule has 0 N–H and O–H groups in total. The van der Waals surface area contributed by atoms with Crippen molar-refractivity contribution in [3.05, 3.63) is 47.1 Å². The number of pyridine rings is 1. The van der Waals surface area contributed by atoms with Crippen LogP contribution in [0.25, 0.3) is 21.8 Å². The van der Waals surface area contributed by atoms with Crippen LogP contribution in [0.3, 0.4) is 0 Å². The van der Waals surface area contributed by atoms with Crippen LogP contribution in [0.5, 0.6) is 0 Å². The van der Waals surface area contributed by atoms with Crippen molar-refractivity contribution in [1.82, 2.24) is 19.9 Å². The molecule has 0 bridgehead atoms. The highest BCUT2D eigenvalue weighted by atomic mass is 32.1. The van der Waals surface area contributed by atoms with Crippen molar-refractivity contribution in [2.45, 2.75) is 13.1 Å². The molecular weight excluding hydrogens is 339 g/mol. The molecule has 0 aliphatic carbocycles. The first-order chi connectivity index (χ1) is 11.4. The maximum atomic E-state index is 12.8. The normalized spacial score (nSPS) is 11.3. The lowest BCUT2D eigenvalue weighted by Crippen LogP contribution is -2.05. The fraction of sp³-hybridized carbons (Fsp3) is 0.133. The molecular formula is C15H8F3N5S. The minimum atomic E-state index is -4.50. The number of nitrogens with zero attached hydrogens (tertiary/aromatic N) is 5. The van der Waals surface area contributed by atoms with Gasteiger partial charge in [-0.25, -0.2) is 9.97 Å². The van der Waals surface area contributed by atoms with E-state index in [-0.39, 0.29) is 10.7 Å². The van der Waals surface area contributed by atoms with Gasteiger partial charge < -0.3 is 0 Å². The zero-order valence-corrected chi connectivity index (χ0v) is 13.0. The molecule has 0 amide bonds. The van der Waals surface area contributed by atoms with Gasteiger partial charge in [-0.05, 0) is 13.0 Å². The van der Waals surface area contributed by atoms with Gasteiger partial charge in [-0.3, -0.25) is 9.97 Å². The molecule has 9 heteroatoms. The van der Waals surface area contributed by atoms with E-state index in [1.165, 1.54) is 18.6 Å². The Morgan fingerprint density at radius 3 is 2.58 bits per heavy atom. The van der Waals surface area contributed by atoms with Gasteiger partial charge in [0.2, 0.25) is 0 Å². The van der Waals surface area contributed by atoms with E-state index in [4.69, 9.17) is 5.26 Å². The van der Waals surface area contributed by atoms with E-state index in [0.717, 1.165) is 16.7 Å². The van der Waals surface area contributed by atoms with E-state index in [2.05, 4.69) is 19.9 Å². The Morgan fingerprint density at radius 2 is 1.92 bits per heavy atom. The molecule has 3 aromatic rings. The van der Waals surface area contributed by atoms with Crippen molar-refractivity contribution >= 4 is 11.3 Å². The molecule has 0 aliphatic rings. The number of thiazole rings is 1. The summed E-state index contributed by atoms with van der Waals surface area (Å²) in [5.41, 5.74) is 1.07. The van der Waals surface area contributed by atoms with E-state index in [1.807, 2.05) is 6.07 Å². The summed E-state index contributed by atoms with van der Waals surface area (Å²) in [6, 6.07) is 3.51. The largest absolute Gasteiger partial charge is 0.434 e. The summed E-state index contributed by atoms with van der Waals surface area (Å²) in [6.07, 6.45) is -0.285. The Hall–Kier alpha value is -2.86. The zero-order valence-electron chi connectivity index (χ0n) is 12.2. The van der Waals surface area contributed by atoms with Gasteiger partial charge in [-0.2, -0.15) is 18.4 Å². The van der Waals surface area contributed by atoms with Crippen LogP contribution < -0.4 is 0 Å². The Balaban J connectivity index is 2.16. The first kappa shape index (κ1) is 16.0. The highest BCUT2D eigenvalue weighted by Gasteiger charge is 2.34. The van der Waals surface area contributed by atoms with E-state index in [1.54, 1.807) is 13.0 Å². The smallest absolute Gasteiger partial charge is 0.261 e. The molecule has 0 atom stereocenters. The van der Waals surface area contributed by atoms with Gasteiger partial charge in [-0.15, -0.1) is 11.3 Å². The van der Waals surface area contributed by atoms with E-state index >= 15 is 0 Å². The molecule has 24 heavy (non-hydrogen) atoms. The number of nitriles is 1. The molecule has 0 radical (unpaired) electrons. The number of rotatable bonds is 2. The third-order valence-electron chi connectivity index (χ3n) is 3.09. The van der Waals surface area contributed by atoms with Gasteiger partial charge in [0, 0.05) is 28.4 Å². The predicted molar refractivity (Wildman–Crippen MR) is 80.8 cm³/mol. The number of halogens is 3. The van der Waals surface area contributed by atoms with Crippen molar-refractivity contribution in [3.63, 3.8) is 0 Å². The van der Waals surface area contributed by atoms with Gasteiger partial charge in [0.25, 0.3) is 0 Å². The van der Waals surface area contributed by atoms with E-state index < -0.39 is 11.9 Å². The van der Waals surface area contributed by atoms with Crippen molar-refractivity contribution in [2.24, 2.45) is 0 Å². The summed E-state index contributed by atoms with van der Waals surface area (Å²) in [5.74, 6) is 0. The first-order valence-electron chi connectivity index (χ1n) is 6.61. The molecule has 0 fully saturated rings. The van der Waals surface area contributed by atoms with E-state index in [9.17, 15) is 13.2 Å². The number of aromatic nitrogens is 4. The Labute approximate surface area is 138 Å². The van der Waals surface area contributed by atoms with Crippen molar-refractivity contribution < 1.29 is 13.2 Å². The van der Waals surface area contributed by atoms with Crippen molar-refractivity contribution in [1.29, 1.82) is 5.26 Å². The third-order valence-corrected chi connectivity index (χ3v) is 3.97. The first-order valence-corrected chi connectivity index (χ1v) is 7.48. The monoisotopic (exact) mass is 347 g/mol. The zero-order chi connectivity index (χ0) is 17.3. The standard InChI is InChI=1S/C15H8F3N5S/c1-8-2-10(14-23-13(7-24-14)15(16,17)18)11(5-21-8)12-6-20-4-9(3-19)22-12/h2,4-7H,1H3. The van der Waals surface area contributed by atoms with Gasteiger partial charge in [0.1, 0.15) is 11.1 Å². The number of alkyl halides is 3. The van der Waals surface area contributed by atoms with Crippen LogP contribution in [0, 0.1) is 18.3 Å². The fourth-order valence-electron chi connectivity index (χ4n) is 2.02. The molecule has 0 aliphatic heterocycles. The van der Waals surface area contributed by atoms with Crippen molar-refractivity contribution in [2.75, 3.05) is 0 Å². The predicted octanol–water partition coefficient (Wildman–Crippen LogP) is 3.86. The maximum absolute atomic E-state index is 12.8. The lowest BCUT2D eigenvalue weighted by Gasteiger charge is -2.07. The fourth-order valence-corrected chi connectivity index (χ4v) is 2.87. The average Bonchev–Trinajstić information content (AvgIpc) is 3.05. The van der Waals surface area contributed by atoms with Crippen LogP contribution in [-0.4, -0.2) is 19.9 Å². The summed E-state index contributed by atoms with van der Waals surface area (Å²) in [6.45, 7) is 1.73. The van der Waals surface area contributed by atoms with Gasteiger partial charge in [0.05, 0.1) is 18.1 Å². The minimum Gasteiger partial charge on any atom is -0.261 e. The second kappa shape index (κ2) is 5.98. The van der Waals surface area contributed by atoms with Gasteiger partial charge >= 0.3 is 6.18 Å². The third kappa shape index (κ3) is 3.09. The quantitative estimate of drug-likeness (QED) is 0.703. The maximum Gasteiger partial charge on any atom is 0.434 e. The van der Waals surface area contributed by atoms with Crippen LogP contribution in [0.2, 0.25) is 0 Å². The summed E-state index contributed by atoms with van der Waals surface area (Å²) < 4.78 is 38.4. The molecule has 3 aromatic heterocycles. The Morgan fingerprint density at radius 1 is 1.12 bits per heavy atom. The SMILES string of the molecule is Cc1cc(-c2nc(C(F)(F)F)cs2)c(-c2cncc(C#N)n2)cn1. The molecule has 0 aromatic carbocycles. The van der Waals surface area contributed by atoms with Crippen molar-refractivity contribution in [3.8, 4) is 27.9 Å². The molecule has 0 saturated heterocycles. The molecule has 120 valence electrons. The summed E-state index contributed by atoms with van der Waals surface area (Å²) in [7, 11) is 0. The molecule has 0 unspecified atom stereocenters. The van der Waals surface area contributed by atoms with Gasteiger partial charge in [-0.1, -0.05) is 0 Å². The van der Waals surface area contributed by atoms with Crippen LogP contribution in [0.15, 0.2) is 30.0 Å². The average molecular weight is 347 g/mol. The lowest BCUT2D eigenvalue weighted by atomic mass is 10.1. The molecule has 3 rings (SSSR count). The topological polar surface area (TPSA) is 75.3 Å². The highest BCUT2D eigenvalue weighted by Crippen LogP contribution is 2.37. The van der Waals surface area contributed by atoms with Crippen LogP contribution >= 0.6 is 11.3 Å². The molecule has 3 heterocycles.